The van der Waals surface area contributed by atoms with Gasteiger partial charge in [0.25, 0.3) is 0 Å². The van der Waals surface area contributed by atoms with Crippen molar-refractivity contribution in [1.82, 2.24) is 4.90 Å². The Morgan fingerprint density at radius 3 is 2.44 bits per heavy atom. The lowest BCUT2D eigenvalue weighted by Crippen LogP contribution is -2.41. The highest BCUT2D eigenvalue weighted by Crippen LogP contribution is 2.35. The second kappa shape index (κ2) is 7.14. The van der Waals surface area contributed by atoms with Gasteiger partial charge in [0.05, 0.1) is 6.61 Å². The fraction of sp³-hybridized carbons (Fsp3) is 0.650. The largest absolute Gasteiger partial charge is 0.493 e. The molecule has 1 aromatic carbocycles. The van der Waals surface area contributed by atoms with E-state index >= 15 is 0 Å². The van der Waals surface area contributed by atoms with E-state index in [-0.39, 0.29) is 6.09 Å². The predicted molar refractivity (Wildman–Crippen MR) is 98.9 cm³/mol. The maximum atomic E-state index is 12.2. The van der Waals surface area contributed by atoms with Gasteiger partial charge in [0.1, 0.15) is 11.4 Å². The van der Waals surface area contributed by atoms with Crippen LogP contribution in [-0.2, 0) is 4.74 Å². The van der Waals surface area contributed by atoms with E-state index in [1.54, 1.807) is 4.90 Å². The van der Waals surface area contributed by atoms with Crippen molar-refractivity contribution in [2.75, 3.05) is 25.4 Å². The van der Waals surface area contributed by atoms with E-state index < -0.39 is 5.60 Å². The van der Waals surface area contributed by atoms with Crippen molar-refractivity contribution in [2.45, 2.75) is 58.0 Å². The highest BCUT2D eigenvalue weighted by molar-refractivity contribution is 5.68. The monoisotopic (exact) mass is 346 g/mol. The summed E-state index contributed by atoms with van der Waals surface area (Å²) in [6.45, 7) is 7.90. The number of hydrogen-bond donors (Lipinski definition) is 1. The summed E-state index contributed by atoms with van der Waals surface area (Å²) >= 11 is 0. The van der Waals surface area contributed by atoms with Gasteiger partial charge in [-0.2, -0.15) is 0 Å². The number of benzene rings is 1. The molecule has 1 aromatic rings. The standard InChI is InChI=1S/C20H30N2O3/c1-20(2,3)25-19(23)22-10-8-15(9-11-22)17-7-6-16(12-18(17)21)24-13-14-4-5-14/h6-7,12,14-15H,4-5,8-11,13,21H2,1-3H3. The smallest absolute Gasteiger partial charge is 0.410 e. The average molecular weight is 346 g/mol. The first-order valence-electron chi connectivity index (χ1n) is 9.32. The molecule has 25 heavy (non-hydrogen) atoms. The number of carbonyl (C=O) groups is 1. The summed E-state index contributed by atoms with van der Waals surface area (Å²) in [5.74, 6) is 1.98. The van der Waals surface area contributed by atoms with Crippen molar-refractivity contribution in [1.29, 1.82) is 0 Å². The maximum absolute atomic E-state index is 12.2. The molecule has 5 nitrogen and oxygen atoms in total. The Balaban J connectivity index is 1.54. The van der Waals surface area contributed by atoms with E-state index in [9.17, 15) is 4.79 Å². The van der Waals surface area contributed by atoms with Gasteiger partial charge in [-0.25, -0.2) is 4.79 Å². The Labute approximate surface area is 150 Å². The van der Waals surface area contributed by atoms with Crippen molar-refractivity contribution >= 4 is 11.8 Å². The minimum atomic E-state index is -0.450. The summed E-state index contributed by atoms with van der Waals surface area (Å²) in [5, 5.41) is 0. The van der Waals surface area contributed by atoms with Gasteiger partial charge in [0, 0.05) is 24.8 Å². The topological polar surface area (TPSA) is 64.8 Å². The molecule has 1 saturated carbocycles. The molecule has 2 aliphatic rings. The van der Waals surface area contributed by atoms with Crippen LogP contribution in [0.2, 0.25) is 0 Å². The van der Waals surface area contributed by atoms with Crippen LogP contribution in [-0.4, -0.2) is 36.3 Å². The lowest BCUT2D eigenvalue weighted by Gasteiger charge is -2.34. The molecule has 0 bridgehead atoms. The number of piperidine rings is 1. The molecule has 1 heterocycles. The first-order chi connectivity index (χ1) is 11.8. The first kappa shape index (κ1) is 17.9. The van der Waals surface area contributed by atoms with Crippen LogP contribution in [0.3, 0.4) is 0 Å². The Bertz CT molecular complexity index is 612. The highest BCUT2D eigenvalue weighted by atomic mass is 16.6. The first-order valence-corrected chi connectivity index (χ1v) is 9.32. The van der Waals surface area contributed by atoms with Gasteiger partial charge in [0.2, 0.25) is 0 Å². The molecule has 0 unspecified atom stereocenters. The lowest BCUT2D eigenvalue weighted by atomic mass is 9.88. The number of carbonyl (C=O) groups excluding carboxylic acids is 1. The van der Waals surface area contributed by atoms with Crippen LogP contribution in [0.15, 0.2) is 18.2 Å². The van der Waals surface area contributed by atoms with Crippen LogP contribution in [0.25, 0.3) is 0 Å². The summed E-state index contributed by atoms with van der Waals surface area (Å²) in [7, 11) is 0. The number of likely N-dealkylation sites (tertiary alicyclic amines) is 1. The third-order valence-corrected chi connectivity index (χ3v) is 4.83. The van der Waals surface area contributed by atoms with E-state index in [0.29, 0.717) is 19.0 Å². The van der Waals surface area contributed by atoms with E-state index in [1.165, 1.54) is 18.4 Å². The predicted octanol–water partition coefficient (Wildman–Crippen LogP) is 4.17. The number of amides is 1. The summed E-state index contributed by atoms with van der Waals surface area (Å²) in [6.07, 6.45) is 4.16. The Hall–Kier alpha value is -1.91. The second-order valence-corrected chi connectivity index (χ2v) is 8.29. The van der Waals surface area contributed by atoms with Gasteiger partial charge in [-0.05, 0) is 69.9 Å². The van der Waals surface area contributed by atoms with Crippen LogP contribution in [0.4, 0.5) is 10.5 Å². The van der Waals surface area contributed by atoms with Crippen molar-refractivity contribution in [3.63, 3.8) is 0 Å². The molecule has 1 amide bonds. The number of nitrogens with zero attached hydrogens (tertiary/aromatic N) is 1. The zero-order chi connectivity index (χ0) is 18.0. The molecule has 0 spiro atoms. The molecule has 5 heteroatoms. The number of anilines is 1. The van der Waals surface area contributed by atoms with Crippen LogP contribution < -0.4 is 10.5 Å². The number of hydrogen-bond acceptors (Lipinski definition) is 4. The fourth-order valence-electron chi connectivity index (χ4n) is 3.21. The maximum Gasteiger partial charge on any atom is 0.410 e. The van der Waals surface area contributed by atoms with E-state index in [4.69, 9.17) is 15.2 Å². The molecule has 138 valence electrons. The number of nitrogen functional groups attached to an aromatic ring is 1. The molecule has 2 fully saturated rings. The summed E-state index contributed by atoms with van der Waals surface area (Å²) in [4.78, 5) is 14.0. The van der Waals surface area contributed by atoms with Crippen LogP contribution in [0.5, 0.6) is 5.75 Å². The van der Waals surface area contributed by atoms with Crippen LogP contribution in [0, 0.1) is 5.92 Å². The minimum Gasteiger partial charge on any atom is -0.493 e. The van der Waals surface area contributed by atoms with Crippen molar-refractivity contribution in [2.24, 2.45) is 5.92 Å². The summed E-state index contributed by atoms with van der Waals surface area (Å²) < 4.78 is 11.3. The van der Waals surface area contributed by atoms with Gasteiger partial charge in [-0.3, -0.25) is 0 Å². The summed E-state index contributed by atoms with van der Waals surface area (Å²) in [6, 6.07) is 6.05. The number of ether oxygens (including phenoxy) is 2. The zero-order valence-corrected chi connectivity index (χ0v) is 15.6. The molecule has 1 saturated heterocycles. The molecule has 2 N–H and O–H groups in total. The number of nitrogens with two attached hydrogens (primary N) is 1. The highest BCUT2D eigenvalue weighted by Gasteiger charge is 2.28. The second-order valence-electron chi connectivity index (χ2n) is 8.29. The molecule has 3 rings (SSSR count). The molecular formula is C20H30N2O3. The molecule has 0 atom stereocenters. The Kier molecular flexibility index (Phi) is 5.11. The van der Waals surface area contributed by atoms with Crippen LogP contribution in [0.1, 0.15) is 57.9 Å². The van der Waals surface area contributed by atoms with E-state index in [0.717, 1.165) is 36.8 Å². The fourth-order valence-corrected chi connectivity index (χ4v) is 3.21. The molecule has 1 aliphatic heterocycles. The minimum absolute atomic E-state index is 0.220. The third kappa shape index (κ3) is 5.03. The van der Waals surface area contributed by atoms with Crippen LogP contribution >= 0.6 is 0 Å². The van der Waals surface area contributed by atoms with E-state index in [2.05, 4.69) is 6.07 Å². The SMILES string of the molecule is CC(C)(C)OC(=O)N1CCC(c2ccc(OCC3CC3)cc2N)CC1. The molecule has 0 aromatic heterocycles. The number of rotatable bonds is 4. The Morgan fingerprint density at radius 2 is 1.88 bits per heavy atom. The zero-order valence-electron chi connectivity index (χ0n) is 15.6. The molecular weight excluding hydrogens is 316 g/mol. The average Bonchev–Trinajstić information content (AvgIpc) is 3.36. The van der Waals surface area contributed by atoms with Gasteiger partial charge in [-0.1, -0.05) is 6.07 Å². The summed E-state index contributed by atoms with van der Waals surface area (Å²) in [5.41, 5.74) is 7.78. The van der Waals surface area contributed by atoms with Crippen molar-refractivity contribution < 1.29 is 14.3 Å². The van der Waals surface area contributed by atoms with E-state index in [1.807, 2.05) is 32.9 Å². The van der Waals surface area contributed by atoms with Crippen molar-refractivity contribution in [3.8, 4) is 5.75 Å². The van der Waals surface area contributed by atoms with Gasteiger partial charge in [0.15, 0.2) is 0 Å². The molecule has 1 aliphatic carbocycles. The Morgan fingerprint density at radius 1 is 1.20 bits per heavy atom. The quantitative estimate of drug-likeness (QED) is 0.831. The van der Waals surface area contributed by atoms with Gasteiger partial charge in [-0.15, -0.1) is 0 Å². The van der Waals surface area contributed by atoms with Crippen molar-refractivity contribution in [3.05, 3.63) is 23.8 Å². The lowest BCUT2D eigenvalue weighted by molar-refractivity contribution is 0.0205. The third-order valence-electron chi connectivity index (χ3n) is 4.83. The van der Waals surface area contributed by atoms with Gasteiger partial charge >= 0.3 is 6.09 Å². The molecule has 0 radical (unpaired) electrons. The normalized spacial score (nSPS) is 18.9. The van der Waals surface area contributed by atoms with Gasteiger partial charge < -0.3 is 20.1 Å².